The van der Waals surface area contributed by atoms with Crippen molar-refractivity contribution in [3.63, 3.8) is 0 Å². The number of allylic oxidation sites excluding steroid dienone is 3. The molecule has 1 aliphatic heterocycles. The lowest BCUT2D eigenvalue weighted by atomic mass is 9.68. The minimum atomic E-state index is -0.462. The Morgan fingerprint density at radius 1 is 1.09 bits per heavy atom. The van der Waals surface area contributed by atoms with Gasteiger partial charge in [0.25, 0.3) is 0 Å². The quantitative estimate of drug-likeness (QED) is 0.592. The number of hydrogen-bond acceptors (Lipinski definition) is 4. The van der Waals surface area contributed by atoms with E-state index in [1.54, 1.807) is 12.1 Å². The summed E-state index contributed by atoms with van der Waals surface area (Å²) in [4.78, 5) is 26.5. The molecule has 1 atom stereocenters. The Kier molecular flexibility index (Phi) is 6.25. The minimum absolute atomic E-state index is 0.0748. The van der Waals surface area contributed by atoms with E-state index < -0.39 is 11.9 Å². The van der Waals surface area contributed by atoms with Crippen LogP contribution in [0.1, 0.15) is 50.7 Å². The van der Waals surface area contributed by atoms with Crippen LogP contribution in [0.25, 0.3) is 0 Å². The Labute approximate surface area is 194 Å². The first kappa shape index (κ1) is 22.3. The highest BCUT2D eigenvalue weighted by molar-refractivity contribution is 6.30. The highest BCUT2D eigenvalue weighted by Gasteiger charge is 2.43. The zero-order chi connectivity index (χ0) is 22.9. The van der Waals surface area contributed by atoms with Gasteiger partial charge in [-0.1, -0.05) is 67.9 Å². The Bertz CT molecular complexity index is 1100. The average Bonchev–Trinajstić information content (AvgIpc) is 2.73. The molecule has 0 spiro atoms. The molecule has 166 valence electrons. The van der Waals surface area contributed by atoms with E-state index >= 15 is 0 Å². The molecule has 1 aliphatic carbocycles. The predicted octanol–water partition coefficient (Wildman–Crippen LogP) is 5.73. The first-order valence-corrected chi connectivity index (χ1v) is 11.3. The number of ether oxygens (including phenoxy) is 1. The molecule has 0 saturated heterocycles. The molecule has 1 heterocycles. The van der Waals surface area contributed by atoms with E-state index in [1.165, 1.54) is 0 Å². The summed E-state index contributed by atoms with van der Waals surface area (Å²) in [6.07, 6.45) is 1.85. The van der Waals surface area contributed by atoms with E-state index in [-0.39, 0.29) is 17.8 Å². The van der Waals surface area contributed by atoms with Crippen LogP contribution >= 0.6 is 11.6 Å². The molecule has 2 aliphatic rings. The normalized spacial score (nSPS) is 20.0. The number of ketones is 1. The zero-order valence-electron chi connectivity index (χ0n) is 18.7. The molecule has 0 radical (unpaired) electrons. The summed E-state index contributed by atoms with van der Waals surface area (Å²) in [5, 5.41) is 3.98. The fourth-order valence-corrected chi connectivity index (χ4v) is 4.81. The van der Waals surface area contributed by atoms with Gasteiger partial charge in [0.1, 0.15) is 0 Å². The number of rotatable bonds is 5. The Hall–Kier alpha value is -2.85. The van der Waals surface area contributed by atoms with Crippen LogP contribution in [-0.2, 0) is 20.7 Å². The van der Waals surface area contributed by atoms with Crippen molar-refractivity contribution in [1.82, 2.24) is 5.32 Å². The van der Waals surface area contributed by atoms with E-state index in [9.17, 15) is 9.59 Å². The van der Waals surface area contributed by atoms with Gasteiger partial charge in [-0.2, -0.15) is 0 Å². The zero-order valence-corrected chi connectivity index (χ0v) is 19.5. The lowest BCUT2D eigenvalue weighted by molar-refractivity contribution is -0.139. The maximum Gasteiger partial charge on any atom is 0.336 e. The SMILES string of the molecule is CC1=C(C(=O)OCCc2ccccc2)[C@H](c2ccc(Cl)cc2)C2=C(CC(C)(C)CC2=O)N1. The van der Waals surface area contributed by atoms with E-state index in [4.69, 9.17) is 16.3 Å². The van der Waals surface area contributed by atoms with Crippen LogP contribution < -0.4 is 5.32 Å². The molecular formula is C27H28ClNO3. The summed E-state index contributed by atoms with van der Waals surface area (Å²) >= 11 is 6.11. The van der Waals surface area contributed by atoms with Crippen LogP contribution in [0.2, 0.25) is 5.02 Å². The van der Waals surface area contributed by atoms with Gasteiger partial charge in [0.2, 0.25) is 0 Å². The molecule has 1 N–H and O–H groups in total. The second kappa shape index (κ2) is 8.95. The molecule has 2 aromatic carbocycles. The Morgan fingerprint density at radius 2 is 1.78 bits per heavy atom. The third-order valence-electron chi connectivity index (χ3n) is 6.13. The summed E-state index contributed by atoms with van der Waals surface area (Å²) in [7, 11) is 0. The number of Topliss-reactive ketones (excluding diaryl/α,β-unsaturated/α-hetero) is 1. The van der Waals surface area contributed by atoms with Crippen molar-refractivity contribution < 1.29 is 14.3 Å². The van der Waals surface area contributed by atoms with Crippen molar-refractivity contribution in [1.29, 1.82) is 0 Å². The van der Waals surface area contributed by atoms with Gasteiger partial charge in [-0.25, -0.2) is 4.79 Å². The van der Waals surface area contributed by atoms with E-state index in [1.807, 2.05) is 49.4 Å². The van der Waals surface area contributed by atoms with Crippen molar-refractivity contribution in [2.24, 2.45) is 5.41 Å². The van der Waals surface area contributed by atoms with Crippen molar-refractivity contribution >= 4 is 23.4 Å². The largest absolute Gasteiger partial charge is 0.462 e. The van der Waals surface area contributed by atoms with Crippen LogP contribution in [0.4, 0.5) is 0 Å². The number of nitrogens with one attached hydrogen (secondary N) is 1. The summed E-state index contributed by atoms with van der Waals surface area (Å²) in [6.45, 7) is 6.35. The van der Waals surface area contributed by atoms with Gasteiger partial charge in [0.05, 0.1) is 12.2 Å². The molecule has 32 heavy (non-hydrogen) atoms. The second-order valence-corrected chi connectivity index (χ2v) is 9.79. The second-order valence-electron chi connectivity index (χ2n) is 9.35. The highest BCUT2D eigenvalue weighted by atomic mass is 35.5. The monoisotopic (exact) mass is 449 g/mol. The summed E-state index contributed by atoms with van der Waals surface area (Å²) in [5.74, 6) is -0.780. The molecule has 5 heteroatoms. The molecule has 0 aromatic heterocycles. The molecule has 0 bridgehead atoms. The minimum Gasteiger partial charge on any atom is -0.462 e. The van der Waals surface area contributed by atoms with Gasteiger partial charge in [-0.3, -0.25) is 4.79 Å². The fraction of sp³-hybridized carbons (Fsp3) is 0.333. The average molecular weight is 450 g/mol. The highest BCUT2D eigenvalue weighted by Crippen LogP contribution is 2.46. The number of dihydropyridines is 1. The van der Waals surface area contributed by atoms with Crippen LogP contribution in [0, 0.1) is 5.41 Å². The molecule has 4 rings (SSSR count). The molecule has 0 unspecified atom stereocenters. The molecule has 0 fully saturated rings. The molecule has 4 nitrogen and oxygen atoms in total. The fourth-order valence-electron chi connectivity index (χ4n) is 4.68. The van der Waals surface area contributed by atoms with Gasteiger partial charge in [-0.05, 0) is 42.0 Å². The number of halogens is 1. The third-order valence-corrected chi connectivity index (χ3v) is 6.38. The van der Waals surface area contributed by atoms with E-state index in [2.05, 4.69) is 19.2 Å². The maximum absolute atomic E-state index is 13.3. The number of carbonyl (C=O) groups excluding carboxylic acids is 2. The van der Waals surface area contributed by atoms with Crippen LogP contribution in [-0.4, -0.2) is 18.4 Å². The molecule has 2 aromatic rings. The summed E-state index contributed by atoms with van der Waals surface area (Å²) in [5.41, 5.74) is 4.66. The van der Waals surface area contributed by atoms with Gasteiger partial charge in [0.15, 0.2) is 5.78 Å². The Morgan fingerprint density at radius 3 is 2.47 bits per heavy atom. The van der Waals surface area contributed by atoms with Gasteiger partial charge in [0, 0.05) is 40.7 Å². The van der Waals surface area contributed by atoms with Crippen LogP contribution in [0.5, 0.6) is 0 Å². The number of carbonyl (C=O) groups is 2. The summed E-state index contributed by atoms with van der Waals surface area (Å²) < 4.78 is 5.69. The van der Waals surface area contributed by atoms with Crippen LogP contribution in [0.15, 0.2) is 77.1 Å². The van der Waals surface area contributed by atoms with Crippen LogP contribution in [0.3, 0.4) is 0 Å². The first-order valence-electron chi connectivity index (χ1n) is 11.0. The summed E-state index contributed by atoms with van der Waals surface area (Å²) in [6, 6.07) is 17.3. The third kappa shape index (κ3) is 4.66. The lowest BCUT2D eigenvalue weighted by Crippen LogP contribution is -2.38. The predicted molar refractivity (Wildman–Crippen MR) is 126 cm³/mol. The first-order chi connectivity index (χ1) is 15.2. The van der Waals surface area contributed by atoms with Gasteiger partial charge in [-0.15, -0.1) is 0 Å². The topological polar surface area (TPSA) is 55.4 Å². The number of esters is 1. The molecule has 0 amide bonds. The molecular weight excluding hydrogens is 422 g/mol. The van der Waals surface area contributed by atoms with Crippen molar-refractivity contribution in [3.05, 3.63) is 93.3 Å². The molecule has 0 saturated carbocycles. The van der Waals surface area contributed by atoms with Crippen molar-refractivity contribution in [2.45, 2.75) is 46.0 Å². The van der Waals surface area contributed by atoms with Crippen molar-refractivity contribution in [2.75, 3.05) is 6.61 Å². The van der Waals surface area contributed by atoms with Crippen molar-refractivity contribution in [3.8, 4) is 0 Å². The lowest BCUT2D eigenvalue weighted by Gasteiger charge is -2.39. The van der Waals surface area contributed by atoms with E-state index in [0.717, 1.165) is 28.9 Å². The van der Waals surface area contributed by atoms with Gasteiger partial charge >= 0.3 is 5.97 Å². The Balaban J connectivity index is 1.66. The standard InChI is InChI=1S/C27H28ClNO3/c1-17-23(26(31)32-14-13-18-7-5-4-6-8-18)24(19-9-11-20(28)12-10-19)25-21(29-17)15-27(2,3)16-22(25)30/h4-12,24,29H,13-16H2,1-3H3/t24-/m0/s1. The van der Waals surface area contributed by atoms with E-state index in [0.29, 0.717) is 29.0 Å². The number of benzene rings is 2. The van der Waals surface area contributed by atoms with Gasteiger partial charge < -0.3 is 10.1 Å². The number of hydrogen-bond donors (Lipinski definition) is 1. The maximum atomic E-state index is 13.3. The smallest absolute Gasteiger partial charge is 0.336 e.